The Kier molecular flexibility index (Phi) is 7.10. The van der Waals surface area contributed by atoms with E-state index in [0.717, 1.165) is 35.6 Å². The number of methoxy groups -OCH3 is 2. The third kappa shape index (κ3) is 5.75. The van der Waals surface area contributed by atoms with Gasteiger partial charge in [-0.2, -0.15) is 5.10 Å². The monoisotopic (exact) mass is 393 g/mol. The quantitative estimate of drug-likeness (QED) is 0.431. The summed E-state index contributed by atoms with van der Waals surface area (Å²) in [4.78, 5) is 4.41. The number of nitrogens with two attached hydrogens (primary N) is 1. The zero-order chi connectivity index (χ0) is 20.5. The Morgan fingerprint density at radius 1 is 1.03 bits per heavy atom. The number of rotatable bonds is 9. The maximum absolute atomic E-state index is 5.97. The fraction of sp³-hybridized carbons (Fsp3) is 0.273. The Balaban J connectivity index is 1.42. The average Bonchev–Trinajstić information content (AvgIpc) is 3.29. The van der Waals surface area contributed by atoms with E-state index in [0.29, 0.717) is 19.0 Å². The van der Waals surface area contributed by atoms with Gasteiger partial charge in [0.05, 0.1) is 19.9 Å². The van der Waals surface area contributed by atoms with E-state index in [2.05, 4.69) is 39.7 Å². The molecule has 0 aliphatic rings. The molecule has 29 heavy (non-hydrogen) atoms. The highest BCUT2D eigenvalue weighted by Crippen LogP contribution is 2.27. The van der Waals surface area contributed by atoms with Crippen LogP contribution in [0.5, 0.6) is 11.5 Å². The summed E-state index contributed by atoms with van der Waals surface area (Å²) in [5, 5.41) is 7.38. The second-order valence-corrected chi connectivity index (χ2v) is 6.50. The molecular weight excluding hydrogens is 366 g/mol. The van der Waals surface area contributed by atoms with Crippen molar-refractivity contribution in [1.29, 1.82) is 0 Å². The molecule has 0 aliphatic carbocycles. The van der Waals surface area contributed by atoms with E-state index in [1.165, 1.54) is 5.56 Å². The van der Waals surface area contributed by atoms with Gasteiger partial charge in [-0.15, -0.1) is 0 Å². The first-order valence-corrected chi connectivity index (χ1v) is 9.53. The Morgan fingerprint density at radius 2 is 1.79 bits per heavy atom. The van der Waals surface area contributed by atoms with Gasteiger partial charge in [-0.25, -0.2) is 4.68 Å². The molecular formula is C22H27N5O2. The summed E-state index contributed by atoms with van der Waals surface area (Å²) in [6.45, 7) is 1.33. The van der Waals surface area contributed by atoms with Gasteiger partial charge in [-0.3, -0.25) is 4.99 Å². The van der Waals surface area contributed by atoms with Crippen LogP contribution in [0.25, 0.3) is 5.69 Å². The second-order valence-electron chi connectivity index (χ2n) is 6.50. The molecule has 0 saturated carbocycles. The summed E-state index contributed by atoms with van der Waals surface area (Å²) in [6, 6.07) is 16.1. The minimum absolute atomic E-state index is 0.457. The summed E-state index contributed by atoms with van der Waals surface area (Å²) >= 11 is 0. The standard InChI is InChI=1S/C22H27N5O2/c1-28-20-9-6-18(16-21(20)29-2)11-14-25-22(23)24-13-10-17-4-7-19(8-5-17)27-15-3-12-26-27/h3-9,12,15-16H,10-11,13-14H2,1-2H3,(H3,23,24,25). The molecule has 3 aromatic rings. The van der Waals surface area contributed by atoms with E-state index in [-0.39, 0.29) is 0 Å². The van der Waals surface area contributed by atoms with Crippen molar-refractivity contribution in [3.05, 3.63) is 72.1 Å². The molecule has 3 N–H and O–H groups in total. The fourth-order valence-electron chi connectivity index (χ4n) is 2.97. The molecule has 0 amide bonds. The van der Waals surface area contributed by atoms with E-state index in [4.69, 9.17) is 15.2 Å². The Bertz CT molecular complexity index is 921. The van der Waals surface area contributed by atoms with Crippen LogP contribution in [0.4, 0.5) is 0 Å². The molecule has 0 fully saturated rings. The van der Waals surface area contributed by atoms with Crippen molar-refractivity contribution < 1.29 is 9.47 Å². The van der Waals surface area contributed by atoms with Crippen molar-refractivity contribution in [3.63, 3.8) is 0 Å². The van der Waals surface area contributed by atoms with Crippen molar-refractivity contribution in [2.24, 2.45) is 10.7 Å². The maximum Gasteiger partial charge on any atom is 0.188 e. The molecule has 0 saturated heterocycles. The molecule has 0 aliphatic heterocycles. The lowest BCUT2D eigenvalue weighted by Gasteiger charge is -2.10. The summed E-state index contributed by atoms with van der Waals surface area (Å²) in [5.41, 5.74) is 9.36. The van der Waals surface area contributed by atoms with Crippen LogP contribution in [0.15, 0.2) is 65.9 Å². The lowest BCUT2D eigenvalue weighted by atomic mass is 10.1. The Labute approximate surface area is 171 Å². The molecule has 7 nitrogen and oxygen atoms in total. The predicted octanol–water partition coefficient (Wildman–Crippen LogP) is 2.58. The van der Waals surface area contributed by atoms with Gasteiger partial charge < -0.3 is 20.5 Å². The van der Waals surface area contributed by atoms with Gasteiger partial charge in [0, 0.05) is 25.5 Å². The maximum atomic E-state index is 5.97. The summed E-state index contributed by atoms with van der Waals surface area (Å²) in [7, 11) is 3.26. The van der Waals surface area contributed by atoms with Gasteiger partial charge in [0.1, 0.15) is 0 Å². The number of hydrogen-bond acceptors (Lipinski definition) is 4. The van der Waals surface area contributed by atoms with Gasteiger partial charge >= 0.3 is 0 Å². The first-order chi connectivity index (χ1) is 14.2. The van der Waals surface area contributed by atoms with Gasteiger partial charge in [-0.05, 0) is 54.3 Å². The fourth-order valence-corrected chi connectivity index (χ4v) is 2.97. The third-order valence-electron chi connectivity index (χ3n) is 4.56. The topological polar surface area (TPSA) is 86.7 Å². The molecule has 0 bridgehead atoms. The largest absolute Gasteiger partial charge is 0.493 e. The minimum atomic E-state index is 0.457. The van der Waals surface area contributed by atoms with E-state index in [1.54, 1.807) is 20.4 Å². The Hall–Kier alpha value is -3.48. The van der Waals surface area contributed by atoms with Crippen LogP contribution in [-0.2, 0) is 12.8 Å². The molecule has 0 unspecified atom stereocenters. The molecule has 7 heteroatoms. The number of nitrogens with one attached hydrogen (secondary N) is 1. The van der Waals surface area contributed by atoms with Crippen LogP contribution in [-0.4, -0.2) is 43.0 Å². The molecule has 0 atom stereocenters. The highest BCUT2D eigenvalue weighted by molar-refractivity contribution is 5.77. The van der Waals surface area contributed by atoms with Crippen LogP contribution in [0.1, 0.15) is 11.1 Å². The van der Waals surface area contributed by atoms with Crippen molar-refractivity contribution >= 4 is 5.96 Å². The lowest BCUT2D eigenvalue weighted by molar-refractivity contribution is 0.354. The number of nitrogens with zero attached hydrogens (tertiary/aromatic N) is 3. The number of guanidine groups is 1. The summed E-state index contributed by atoms with van der Waals surface area (Å²) in [5.74, 6) is 1.91. The van der Waals surface area contributed by atoms with Gasteiger partial charge in [0.15, 0.2) is 17.5 Å². The van der Waals surface area contributed by atoms with Crippen molar-refractivity contribution in [2.45, 2.75) is 12.8 Å². The molecule has 152 valence electrons. The van der Waals surface area contributed by atoms with Crippen LogP contribution in [0.3, 0.4) is 0 Å². The smallest absolute Gasteiger partial charge is 0.188 e. The zero-order valence-electron chi connectivity index (χ0n) is 16.8. The lowest BCUT2D eigenvalue weighted by Crippen LogP contribution is -2.33. The minimum Gasteiger partial charge on any atom is -0.493 e. The van der Waals surface area contributed by atoms with Crippen LogP contribution >= 0.6 is 0 Å². The van der Waals surface area contributed by atoms with Gasteiger partial charge in [-0.1, -0.05) is 18.2 Å². The third-order valence-corrected chi connectivity index (χ3v) is 4.56. The number of aliphatic imine (C=N–C) groups is 1. The van der Waals surface area contributed by atoms with Crippen LogP contribution in [0, 0.1) is 0 Å². The van der Waals surface area contributed by atoms with Crippen LogP contribution in [0.2, 0.25) is 0 Å². The second kappa shape index (κ2) is 10.2. The van der Waals surface area contributed by atoms with Crippen LogP contribution < -0.4 is 20.5 Å². The normalized spacial score (nSPS) is 11.3. The van der Waals surface area contributed by atoms with Crippen molar-refractivity contribution in [3.8, 4) is 17.2 Å². The van der Waals surface area contributed by atoms with E-state index in [9.17, 15) is 0 Å². The average molecular weight is 393 g/mol. The Morgan fingerprint density at radius 3 is 2.48 bits per heavy atom. The molecule has 1 heterocycles. The highest BCUT2D eigenvalue weighted by Gasteiger charge is 2.04. The van der Waals surface area contributed by atoms with E-state index >= 15 is 0 Å². The number of aromatic nitrogens is 2. The molecule has 1 aromatic heterocycles. The molecule has 0 spiro atoms. The SMILES string of the molecule is COc1ccc(CCNC(N)=NCCc2ccc(-n3cccn3)cc2)cc1OC. The van der Waals surface area contributed by atoms with Crippen molar-refractivity contribution in [2.75, 3.05) is 27.3 Å². The van der Waals surface area contributed by atoms with E-state index < -0.39 is 0 Å². The number of benzene rings is 2. The molecule has 2 aromatic carbocycles. The van der Waals surface area contributed by atoms with Crippen molar-refractivity contribution in [1.82, 2.24) is 15.1 Å². The number of ether oxygens (including phenoxy) is 2. The first kappa shape index (κ1) is 20.3. The molecule has 0 radical (unpaired) electrons. The summed E-state index contributed by atoms with van der Waals surface area (Å²) in [6.07, 6.45) is 5.33. The van der Waals surface area contributed by atoms with Gasteiger partial charge in [0.2, 0.25) is 0 Å². The van der Waals surface area contributed by atoms with E-state index in [1.807, 2.05) is 35.1 Å². The number of hydrogen-bond donors (Lipinski definition) is 2. The molecule has 3 rings (SSSR count). The summed E-state index contributed by atoms with van der Waals surface area (Å²) < 4.78 is 12.4. The van der Waals surface area contributed by atoms with Gasteiger partial charge in [0.25, 0.3) is 0 Å². The zero-order valence-corrected chi connectivity index (χ0v) is 16.8. The first-order valence-electron chi connectivity index (χ1n) is 9.53. The predicted molar refractivity (Wildman–Crippen MR) is 115 cm³/mol. The highest BCUT2D eigenvalue weighted by atomic mass is 16.5.